The smallest absolute Gasteiger partial charge is 0.255 e. The number of rotatable bonds is 10. The molecule has 12 nitrogen and oxygen atoms in total. The van der Waals surface area contributed by atoms with Crippen LogP contribution >= 0.6 is 0 Å². The van der Waals surface area contributed by atoms with E-state index in [1.807, 2.05) is 70.1 Å². The number of hydrogen-bond acceptors (Lipinski definition) is 8. The Hall–Kier alpha value is -8.22. The Balaban J connectivity index is 0.000000172. The van der Waals surface area contributed by atoms with Crippen molar-refractivity contribution in [1.82, 2.24) is 28.2 Å². The molecule has 8 aromatic rings. The number of ether oxygens (including phenoxy) is 2. The molecule has 0 aliphatic heterocycles. The van der Waals surface area contributed by atoms with Gasteiger partial charge in [0, 0.05) is 68.5 Å². The Morgan fingerprint density at radius 3 is 1.68 bits per heavy atom. The fraction of sp³-hybridized carbons (Fsp3) is 0.0455. The van der Waals surface area contributed by atoms with E-state index in [0.717, 1.165) is 11.1 Å². The molecule has 0 N–H and O–H groups in total. The highest BCUT2D eigenvalue weighted by Gasteiger charge is 2.12. The van der Waals surface area contributed by atoms with Gasteiger partial charge in [0.2, 0.25) is 0 Å². The number of nitrogens with zero attached hydrogens (tertiary/aromatic N) is 8. The van der Waals surface area contributed by atoms with Crippen LogP contribution in [-0.4, -0.2) is 28.2 Å². The van der Waals surface area contributed by atoms with Crippen LogP contribution in [0.1, 0.15) is 22.3 Å². The van der Waals surface area contributed by atoms with Crippen molar-refractivity contribution in [3.8, 4) is 46.5 Å². The third-order valence-electron chi connectivity index (χ3n) is 8.49. The monoisotopic (exact) mass is 736 g/mol. The number of imidazole rings is 2. The van der Waals surface area contributed by atoms with Crippen molar-refractivity contribution >= 4 is 0 Å². The second-order valence-corrected chi connectivity index (χ2v) is 12.3. The van der Waals surface area contributed by atoms with E-state index in [1.54, 1.807) is 98.1 Å². The number of nitriles is 2. The summed E-state index contributed by atoms with van der Waals surface area (Å²) < 4.78 is 19.0. The van der Waals surface area contributed by atoms with Crippen LogP contribution in [0.4, 0.5) is 0 Å². The van der Waals surface area contributed by atoms with Crippen LogP contribution in [0.15, 0.2) is 181 Å². The van der Waals surface area contributed by atoms with Gasteiger partial charge in [0.05, 0.1) is 35.2 Å². The summed E-state index contributed by atoms with van der Waals surface area (Å²) >= 11 is 0. The zero-order chi connectivity index (χ0) is 38.7. The number of para-hydroxylation sites is 2. The standard InChI is InChI=1S/2C22H16N4O2/c23-14-18-8-7-17(15-25-11-9-24-16-25)12-21(18)28-20-5-3-4-19(13-20)26-10-2-1-6-22(26)27;23-14-18-9-8-17(15-25-12-10-24-16-25)13-21(18)28-20-6-2-1-5-19(20)26-11-4-3-7-22(26)27/h2*1-13,16H,15H2. The molecule has 4 aromatic heterocycles. The molecule has 0 bridgehead atoms. The van der Waals surface area contributed by atoms with Crippen LogP contribution in [0.5, 0.6) is 23.0 Å². The van der Waals surface area contributed by atoms with E-state index in [2.05, 4.69) is 22.1 Å². The van der Waals surface area contributed by atoms with Gasteiger partial charge in [-0.3, -0.25) is 18.7 Å². The number of pyridine rings is 2. The summed E-state index contributed by atoms with van der Waals surface area (Å²) in [6, 6.07) is 39.7. The van der Waals surface area contributed by atoms with Gasteiger partial charge in [-0.1, -0.05) is 42.5 Å². The summed E-state index contributed by atoms with van der Waals surface area (Å²) in [7, 11) is 0. The Kier molecular flexibility index (Phi) is 11.0. The van der Waals surface area contributed by atoms with Crippen molar-refractivity contribution in [3.63, 3.8) is 0 Å². The van der Waals surface area contributed by atoms with Crippen LogP contribution in [0.2, 0.25) is 0 Å². The molecule has 0 aliphatic carbocycles. The minimum absolute atomic E-state index is 0.125. The van der Waals surface area contributed by atoms with Crippen molar-refractivity contribution < 1.29 is 9.47 Å². The van der Waals surface area contributed by atoms with Crippen molar-refractivity contribution in [2.24, 2.45) is 0 Å². The third kappa shape index (κ3) is 8.69. The van der Waals surface area contributed by atoms with Crippen molar-refractivity contribution in [2.45, 2.75) is 13.1 Å². The van der Waals surface area contributed by atoms with Crippen molar-refractivity contribution in [3.05, 3.63) is 214 Å². The van der Waals surface area contributed by atoms with Gasteiger partial charge in [-0.25, -0.2) is 9.97 Å². The summed E-state index contributed by atoms with van der Waals surface area (Å²) in [6.07, 6.45) is 14.0. The average molecular weight is 737 g/mol. The lowest BCUT2D eigenvalue weighted by Crippen LogP contribution is -2.16. The minimum atomic E-state index is -0.159. The summed E-state index contributed by atoms with van der Waals surface area (Å²) in [6.45, 7) is 1.24. The van der Waals surface area contributed by atoms with E-state index in [4.69, 9.17) is 9.47 Å². The Labute approximate surface area is 321 Å². The molecule has 0 fully saturated rings. The second kappa shape index (κ2) is 17.1. The molecule has 272 valence electrons. The molecule has 0 saturated heterocycles. The second-order valence-electron chi connectivity index (χ2n) is 12.3. The van der Waals surface area contributed by atoms with Crippen LogP contribution < -0.4 is 20.6 Å². The zero-order valence-electron chi connectivity index (χ0n) is 29.8. The van der Waals surface area contributed by atoms with E-state index in [9.17, 15) is 20.1 Å². The molecule has 0 spiro atoms. The predicted octanol–water partition coefficient (Wildman–Crippen LogP) is 7.49. The van der Waals surface area contributed by atoms with Crippen molar-refractivity contribution in [2.75, 3.05) is 0 Å². The van der Waals surface area contributed by atoms with E-state index in [1.165, 1.54) is 21.3 Å². The van der Waals surface area contributed by atoms with Gasteiger partial charge in [-0.15, -0.1) is 0 Å². The Morgan fingerprint density at radius 1 is 0.536 bits per heavy atom. The molecular formula is C44H32N8O4. The van der Waals surface area contributed by atoms with Crippen molar-refractivity contribution in [1.29, 1.82) is 10.5 Å². The van der Waals surface area contributed by atoms with Crippen LogP contribution in [0.25, 0.3) is 11.4 Å². The lowest BCUT2D eigenvalue weighted by Gasteiger charge is -2.14. The maximum absolute atomic E-state index is 12.2. The first-order chi connectivity index (χ1) is 27.5. The normalized spacial score (nSPS) is 10.4. The molecular weight excluding hydrogens is 705 g/mol. The highest BCUT2D eigenvalue weighted by atomic mass is 16.5. The lowest BCUT2D eigenvalue weighted by atomic mass is 10.1. The van der Waals surface area contributed by atoms with E-state index in [-0.39, 0.29) is 11.1 Å². The van der Waals surface area contributed by atoms with Gasteiger partial charge < -0.3 is 18.6 Å². The van der Waals surface area contributed by atoms with E-state index >= 15 is 0 Å². The maximum atomic E-state index is 12.2. The third-order valence-corrected chi connectivity index (χ3v) is 8.49. The largest absolute Gasteiger partial charge is 0.456 e. The topological polar surface area (TPSA) is 146 Å². The van der Waals surface area contributed by atoms with Gasteiger partial charge in [-0.2, -0.15) is 10.5 Å². The molecule has 0 aliphatic rings. The molecule has 0 radical (unpaired) electrons. The summed E-state index contributed by atoms with van der Waals surface area (Å²) in [5.41, 5.74) is 3.84. The number of hydrogen-bond donors (Lipinski definition) is 0. The fourth-order valence-electron chi connectivity index (χ4n) is 5.82. The number of aromatic nitrogens is 6. The first-order valence-electron chi connectivity index (χ1n) is 17.4. The summed E-state index contributed by atoms with van der Waals surface area (Å²) in [4.78, 5) is 32.4. The van der Waals surface area contributed by atoms with E-state index < -0.39 is 0 Å². The average Bonchev–Trinajstić information content (AvgIpc) is 3.94. The van der Waals surface area contributed by atoms with Crippen LogP contribution in [0.3, 0.4) is 0 Å². The SMILES string of the molecule is N#Cc1ccc(Cn2ccnc2)cc1Oc1cccc(-n2ccccc2=O)c1.N#Cc1ccc(Cn2ccnc2)cc1Oc1ccccc1-n1ccccc1=O. The predicted molar refractivity (Wildman–Crippen MR) is 209 cm³/mol. The van der Waals surface area contributed by atoms with Crippen LogP contribution in [-0.2, 0) is 13.1 Å². The van der Waals surface area contributed by atoms with Gasteiger partial charge in [0.1, 0.15) is 29.4 Å². The Bertz CT molecular complexity index is 2790. The molecule has 4 aromatic carbocycles. The maximum Gasteiger partial charge on any atom is 0.255 e. The molecule has 56 heavy (non-hydrogen) atoms. The van der Waals surface area contributed by atoms with E-state index in [0.29, 0.717) is 58.6 Å². The van der Waals surface area contributed by atoms with Gasteiger partial charge in [0.15, 0.2) is 5.75 Å². The van der Waals surface area contributed by atoms with Gasteiger partial charge >= 0.3 is 0 Å². The molecule has 0 amide bonds. The fourth-order valence-corrected chi connectivity index (χ4v) is 5.82. The summed E-state index contributed by atoms with van der Waals surface area (Å²) in [5.74, 6) is 1.95. The summed E-state index contributed by atoms with van der Waals surface area (Å²) in [5, 5.41) is 18.9. The molecule has 8 rings (SSSR count). The molecule has 0 unspecified atom stereocenters. The molecule has 12 heteroatoms. The Morgan fingerprint density at radius 2 is 1.11 bits per heavy atom. The zero-order valence-corrected chi connectivity index (χ0v) is 29.8. The van der Waals surface area contributed by atoms with Crippen LogP contribution in [0, 0.1) is 22.7 Å². The quantitative estimate of drug-likeness (QED) is 0.140. The first kappa shape index (κ1) is 36.2. The first-order valence-corrected chi connectivity index (χ1v) is 17.4. The van der Waals surface area contributed by atoms with Gasteiger partial charge in [-0.05, 0) is 71.8 Å². The lowest BCUT2D eigenvalue weighted by molar-refractivity contribution is 0.477. The molecule has 0 saturated carbocycles. The highest BCUT2D eigenvalue weighted by molar-refractivity contribution is 5.53. The molecule has 4 heterocycles. The highest BCUT2D eigenvalue weighted by Crippen LogP contribution is 2.31. The van der Waals surface area contributed by atoms with Gasteiger partial charge in [0.25, 0.3) is 11.1 Å². The minimum Gasteiger partial charge on any atom is -0.456 e. The molecule has 0 atom stereocenters. The number of benzene rings is 4.